The summed E-state index contributed by atoms with van der Waals surface area (Å²) in [5, 5.41) is 3.57. The van der Waals surface area contributed by atoms with Gasteiger partial charge in [-0.3, -0.25) is 4.79 Å². The molecule has 0 amide bonds. The van der Waals surface area contributed by atoms with Crippen LogP contribution in [0.1, 0.15) is 36.9 Å². The summed E-state index contributed by atoms with van der Waals surface area (Å²) in [5.74, 6) is -0.171. The summed E-state index contributed by atoms with van der Waals surface area (Å²) in [6, 6.07) is 20.9. The Morgan fingerprint density at radius 1 is 1.04 bits per heavy atom. The van der Waals surface area contributed by atoms with Crippen molar-refractivity contribution in [3.8, 4) is 0 Å². The van der Waals surface area contributed by atoms with E-state index in [1.54, 1.807) is 0 Å². The fourth-order valence-electron chi connectivity index (χ4n) is 2.71. The van der Waals surface area contributed by atoms with Crippen LogP contribution in [0.5, 0.6) is 0 Å². The van der Waals surface area contributed by atoms with Crippen molar-refractivity contribution in [3.05, 3.63) is 71.8 Å². The molecule has 0 aliphatic heterocycles. The predicted molar refractivity (Wildman–Crippen MR) is 93.2 cm³/mol. The highest BCUT2D eigenvalue weighted by atomic mass is 16.5. The Labute approximate surface area is 138 Å². The predicted octanol–water partition coefficient (Wildman–Crippen LogP) is 3.90. The lowest BCUT2D eigenvalue weighted by Gasteiger charge is -2.23. The van der Waals surface area contributed by atoms with Crippen molar-refractivity contribution in [3.63, 3.8) is 0 Å². The standard InChI is InChI=1S/C20H25NO2/c1-16(18-11-7-4-8-12-18)21-19(15-20(22)23-2)14-13-17-9-5-3-6-10-17/h3-12,16,19,21H,13-15H2,1-2H3. The second kappa shape index (κ2) is 9.11. The molecule has 0 spiro atoms. The molecule has 0 saturated carbocycles. The maximum absolute atomic E-state index is 11.7. The summed E-state index contributed by atoms with van der Waals surface area (Å²) in [6.45, 7) is 2.13. The molecule has 122 valence electrons. The number of esters is 1. The van der Waals surface area contributed by atoms with Crippen LogP contribution in [0.3, 0.4) is 0 Å². The number of benzene rings is 2. The molecule has 2 rings (SSSR count). The van der Waals surface area contributed by atoms with E-state index in [-0.39, 0.29) is 18.1 Å². The first-order valence-electron chi connectivity index (χ1n) is 8.10. The monoisotopic (exact) mass is 311 g/mol. The van der Waals surface area contributed by atoms with Gasteiger partial charge in [0.15, 0.2) is 0 Å². The van der Waals surface area contributed by atoms with Crippen LogP contribution in [0.2, 0.25) is 0 Å². The highest BCUT2D eigenvalue weighted by molar-refractivity contribution is 5.69. The Kier molecular flexibility index (Phi) is 6.82. The average molecular weight is 311 g/mol. The van der Waals surface area contributed by atoms with Crippen LogP contribution < -0.4 is 5.32 Å². The molecule has 2 aromatic rings. The zero-order valence-electron chi connectivity index (χ0n) is 13.9. The number of nitrogens with one attached hydrogen (secondary N) is 1. The normalized spacial score (nSPS) is 13.3. The molecule has 0 bridgehead atoms. The minimum absolute atomic E-state index is 0.0952. The second-order valence-electron chi connectivity index (χ2n) is 5.80. The lowest BCUT2D eigenvalue weighted by atomic mass is 10.0. The quantitative estimate of drug-likeness (QED) is 0.751. The summed E-state index contributed by atoms with van der Waals surface area (Å²) in [6.07, 6.45) is 2.23. The molecule has 0 aromatic heterocycles. The van der Waals surface area contributed by atoms with Crippen LogP contribution in [0.25, 0.3) is 0 Å². The molecule has 3 nitrogen and oxygen atoms in total. The minimum Gasteiger partial charge on any atom is -0.469 e. The third kappa shape index (κ3) is 5.87. The van der Waals surface area contributed by atoms with Gasteiger partial charge in [0.25, 0.3) is 0 Å². The Morgan fingerprint density at radius 2 is 1.65 bits per heavy atom. The van der Waals surface area contributed by atoms with E-state index in [0.29, 0.717) is 6.42 Å². The van der Waals surface area contributed by atoms with Crippen molar-refractivity contribution >= 4 is 5.97 Å². The van der Waals surface area contributed by atoms with Crippen molar-refractivity contribution in [2.45, 2.75) is 38.3 Å². The van der Waals surface area contributed by atoms with Gasteiger partial charge in [-0.05, 0) is 30.9 Å². The van der Waals surface area contributed by atoms with E-state index in [1.165, 1.54) is 18.2 Å². The number of hydrogen-bond donors (Lipinski definition) is 1. The Hall–Kier alpha value is -2.13. The zero-order valence-corrected chi connectivity index (χ0v) is 13.9. The van der Waals surface area contributed by atoms with Crippen LogP contribution in [0, 0.1) is 0 Å². The summed E-state index contributed by atoms with van der Waals surface area (Å²) >= 11 is 0. The smallest absolute Gasteiger partial charge is 0.307 e. The van der Waals surface area contributed by atoms with Crippen LogP contribution in [-0.4, -0.2) is 19.1 Å². The summed E-state index contributed by atoms with van der Waals surface area (Å²) < 4.78 is 4.84. The molecule has 0 heterocycles. The fraction of sp³-hybridized carbons (Fsp3) is 0.350. The number of methoxy groups -OCH3 is 1. The molecule has 0 fully saturated rings. The highest BCUT2D eigenvalue weighted by Crippen LogP contribution is 2.16. The van der Waals surface area contributed by atoms with Gasteiger partial charge >= 0.3 is 5.97 Å². The summed E-state index contributed by atoms with van der Waals surface area (Å²) in [5.41, 5.74) is 2.51. The van der Waals surface area contributed by atoms with Gasteiger partial charge in [-0.1, -0.05) is 60.7 Å². The van der Waals surface area contributed by atoms with Crippen LogP contribution in [0.15, 0.2) is 60.7 Å². The molecule has 3 heteroatoms. The molecule has 2 aromatic carbocycles. The first-order chi connectivity index (χ1) is 11.2. The number of carbonyl (C=O) groups is 1. The summed E-state index contributed by atoms with van der Waals surface area (Å²) in [7, 11) is 1.44. The van der Waals surface area contributed by atoms with Gasteiger partial charge in [0.05, 0.1) is 13.5 Å². The Balaban J connectivity index is 1.97. The SMILES string of the molecule is COC(=O)CC(CCc1ccccc1)NC(C)c1ccccc1. The molecular weight excluding hydrogens is 286 g/mol. The van der Waals surface area contributed by atoms with E-state index in [2.05, 4.69) is 36.5 Å². The van der Waals surface area contributed by atoms with Crippen molar-refractivity contribution in [2.24, 2.45) is 0 Å². The van der Waals surface area contributed by atoms with Crippen molar-refractivity contribution in [2.75, 3.05) is 7.11 Å². The molecule has 23 heavy (non-hydrogen) atoms. The largest absolute Gasteiger partial charge is 0.469 e. The molecule has 2 unspecified atom stereocenters. The first kappa shape index (κ1) is 17.2. The van der Waals surface area contributed by atoms with E-state index in [1.807, 2.05) is 36.4 Å². The number of hydrogen-bond acceptors (Lipinski definition) is 3. The van der Waals surface area contributed by atoms with Gasteiger partial charge in [0.2, 0.25) is 0 Å². The van der Waals surface area contributed by atoms with Gasteiger partial charge in [-0.2, -0.15) is 0 Å². The molecular formula is C20H25NO2. The molecule has 0 saturated heterocycles. The molecule has 0 radical (unpaired) electrons. The number of aryl methyl sites for hydroxylation is 1. The van der Waals surface area contributed by atoms with Gasteiger partial charge in [-0.15, -0.1) is 0 Å². The van der Waals surface area contributed by atoms with Crippen molar-refractivity contribution in [1.29, 1.82) is 0 Å². The Morgan fingerprint density at radius 3 is 2.26 bits per heavy atom. The topological polar surface area (TPSA) is 38.3 Å². The highest BCUT2D eigenvalue weighted by Gasteiger charge is 2.17. The van der Waals surface area contributed by atoms with Crippen molar-refractivity contribution in [1.82, 2.24) is 5.32 Å². The van der Waals surface area contributed by atoms with Gasteiger partial charge < -0.3 is 10.1 Å². The van der Waals surface area contributed by atoms with E-state index in [0.717, 1.165) is 12.8 Å². The van der Waals surface area contributed by atoms with E-state index < -0.39 is 0 Å². The van der Waals surface area contributed by atoms with Crippen LogP contribution in [-0.2, 0) is 16.0 Å². The number of rotatable bonds is 8. The van der Waals surface area contributed by atoms with Crippen molar-refractivity contribution < 1.29 is 9.53 Å². The lowest BCUT2D eigenvalue weighted by molar-refractivity contribution is -0.141. The first-order valence-corrected chi connectivity index (χ1v) is 8.10. The maximum atomic E-state index is 11.7. The average Bonchev–Trinajstić information content (AvgIpc) is 2.61. The van der Waals surface area contributed by atoms with E-state index >= 15 is 0 Å². The summed E-state index contributed by atoms with van der Waals surface area (Å²) in [4.78, 5) is 11.7. The third-order valence-electron chi connectivity index (χ3n) is 4.05. The maximum Gasteiger partial charge on any atom is 0.307 e. The van der Waals surface area contributed by atoms with Gasteiger partial charge in [0.1, 0.15) is 0 Å². The number of carbonyl (C=O) groups excluding carboxylic acids is 1. The Bertz CT molecular complexity index is 583. The van der Waals surface area contributed by atoms with E-state index in [4.69, 9.17) is 4.74 Å². The van der Waals surface area contributed by atoms with Gasteiger partial charge in [0, 0.05) is 12.1 Å². The van der Waals surface area contributed by atoms with E-state index in [9.17, 15) is 4.79 Å². The molecule has 0 aliphatic carbocycles. The van der Waals surface area contributed by atoms with Crippen LogP contribution >= 0.6 is 0 Å². The zero-order chi connectivity index (χ0) is 16.5. The van der Waals surface area contributed by atoms with Gasteiger partial charge in [-0.25, -0.2) is 0 Å². The number of ether oxygens (including phenoxy) is 1. The van der Waals surface area contributed by atoms with Crippen LogP contribution in [0.4, 0.5) is 0 Å². The lowest BCUT2D eigenvalue weighted by Crippen LogP contribution is -2.34. The molecule has 2 atom stereocenters. The third-order valence-corrected chi connectivity index (χ3v) is 4.05. The minimum atomic E-state index is -0.171. The fourth-order valence-corrected chi connectivity index (χ4v) is 2.71. The second-order valence-corrected chi connectivity index (χ2v) is 5.80. The molecule has 1 N–H and O–H groups in total. The molecule has 0 aliphatic rings.